The molecule has 3 rings (SSSR count). The van der Waals surface area contributed by atoms with Crippen molar-refractivity contribution in [2.24, 2.45) is 0 Å². The molecule has 1 N–H and O–H groups in total. The van der Waals surface area contributed by atoms with E-state index in [9.17, 15) is 9.18 Å². The van der Waals surface area contributed by atoms with Gasteiger partial charge in [-0.15, -0.1) is 11.3 Å². The minimum atomic E-state index is -0.309. The zero-order chi connectivity index (χ0) is 18.5. The molecule has 0 bridgehead atoms. The van der Waals surface area contributed by atoms with Crippen LogP contribution in [0.2, 0.25) is 0 Å². The number of benzene rings is 2. The van der Waals surface area contributed by atoms with Gasteiger partial charge in [-0.2, -0.15) is 0 Å². The van der Waals surface area contributed by atoms with Gasteiger partial charge in [-0.25, -0.2) is 9.37 Å². The lowest BCUT2D eigenvalue weighted by Gasteiger charge is -2.01. The first-order valence-corrected chi connectivity index (χ1v) is 8.73. The first-order valence-electron chi connectivity index (χ1n) is 7.91. The molecule has 132 valence electrons. The predicted molar refractivity (Wildman–Crippen MR) is 103 cm³/mol. The van der Waals surface area contributed by atoms with E-state index in [1.807, 2.05) is 31.2 Å². The maximum Gasteiger partial charge on any atom is 0.250 e. The number of nitrogens with one attached hydrogen (secondary N) is 1. The lowest BCUT2D eigenvalue weighted by molar-refractivity contribution is -0.111. The van der Waals surface area contributed by atoms with Gasteiger partial charge in [0.1, 0.15) is 11.6 Å². The number of hydrogen-bond acceptors (Lipinski definition) is 4. The van der Waals surface area contributed by atoms with Crippen molar-refractivity contribution in [3.63, 3.8) is 0 Å². The van der Waals surface area contributed by atoms with Crippen LogP contribution >= 0.6 is 11.3 Å². The zero-order valence-corrected chi connectivity index (χ0v) is 15.1. The van der Waals surface area contributed by atoms with E-state index in [0.717, 1.165) is 27.4 Å². The van der Waals surface area contributed by atoms with E-state index in [0.29, 0.717) is 5.13 Å². The first kappa shape index (κ1) is 17.8. The maximum absolute atomic E-state index is 12.9. The summed E-state index contributed by atoms with van der Waals surface area (Å²) >= 11 is 1.41. The topological polar surface area (TPSA) is 51.2 Å². The largest absolute Gasteiger partial charge is 0.497 e. The fourth-order valence-corrected chi connectivity index (χ4v) is 3.20. The van der Waals surface area contributed by atoms with Crippen LogP contribution < -0.4 is 10.1 Å². The monoisotopic (exact) mass is 368 g/mol. The number of aryl methyl sites for hydroxylation is 1. The molecule has 1 aromatic heterocycles. The lowest BCUT2D eigenvalue weighted by Crippen LogP contribution is -2.07. The molecule has 4 nitrogen and oxygen atoms in total. The molecular weight excluding hydrogens is 351 g/mol. The summed E-state index contributed by atoms with van der Waals surface area (Å²) in [5.41, 5.74) is 2.54. The quantitative estimate of drug-likeness (QED) is 0.651. The number of halogens is 1. The Kier molecular flexibility index (Phi) is 5.43. The van der Waals surface area contributed by atoms with Crippen LogP contribution in [0.25, 0.3) is 17.3 Å². The van der Waals surface area contributed by atoms with Gasteiger partial charge in [-0.05, 0) is 55.0 Å². The molecule has 0 saturated carbocycles. The number of amides is 1. The van der Waals surface area contributed by atoms with Gasteiger partial charge >= 0.3 is 0 Å². The van der Waals surface area contributed by atoms with E-state index in [1.54, 1.807) is 25.3 Å². The van der Waals surface area contributed by atoms with Crippen LogP contribution in [0.3, 0.4) is 0 Å². The van der Waals surface area contributed by atoms with E-state index in [2.05, 4.69) is 10.3 Å². The van der Waals surface area contributed by atoms with Crippen LogP contribution in [0.5, 0.6) is 5.75 Å². The minimum Gasteiger partial charge on any atom is -0.497 e. The summed E-state index contributed by atoms with van der Waals surface area (Å²) in [5, 5.41) is 3.29. The molecule has 0 saturated heterocycles. The molecule has 1 amide bonds. The Labute approximate surface area is 155 Å². The van der Waals surface area contributed by atoms with Gasteiger partial charge in [0.25, 0.3) is 0 Å². The van der Waals surface area contributed by atoms with Crippen LogP contribution in [0.15, 0.2) is 54.6 Å². The molecule has 0 aliphatic rings. The number of carbonyl (C=O) groups is 1. The lowest BCUT2D eigenvalue weighted by atomic mass is 10.1. The molecule has 0 spiro atoms. The summed E-state index contributed by atoms with van der Waals surface area (Å²) in [6, 6.07) is 13.5. The number of ether oxygens (including phenoxy) is 1. The van der Waals surface area contributed by atoms with E-state index >= 15 is 0 Å². The second-order valence-electron chi connectivity index (χ2n) is 5.53. The van der Waals surface area contributed by atoms with E-state index in [-0.39, 0.29) is 11.7 Å². The molecule has 6 heteroatoms. The molecule has 0 unspecified atom stereocenters. The second-order valence-corrected chi connectivity index (χ2v) is 6.73. The summed E-state index contributed by atoms with van der Waals surface area (Å²) in [5.74, 6) is 0.182. The fourth-order valence-electron chi connectivity index (χ4n) is 2.36. The molecular formula is C20H17FN2O2S. The third-order valence-electron chi connectivity index (χ3n) is 3.69. The van der Waals surface area contributed by atoms with Gasteiger partial charge in [0.05, 0.1) is 12.8 Å². The summed E-state index contributed by atoms with van der Waals surface area (Å²) < 4.78 is 18.0. The van der Waals surface area contributed by atoms with Crippen molar-refractivity contribution in [3.05, 3.63) is 70.9 Å². The number of carbonyl (C=O) groups excluding carboxylic acids is 1. The first-order chi connectivity index (χ1) is 12.5. The van der Waals surface area contributed by atoms with Gasteiger partial charge < -0.3 is 4.74 Å². The van der Waals surface area contributed by atoms with E-state index in [4.69, 9.17) is 4.74 Å². The molecule has 0 radical (unpaired) electrons. The van der Waals surface area contributed by atoms with Crippen LogP contribution in [0.1, 0.15) is 10.4 Å². The van der Waals surface area contributed by atoms with Gasteiger partial charge in [0.15, 0.2) is 5.13 Å². The Bertz CT molecular complexity index is 931. The van der Waals surface area contributed by atoms with Crippen molar-refractivity contribution in [2.45, 2.75) is 6.92 Å². The van der Waals surface area contributed by atoms with Crippen LogP contribution in [-0.4, -0.2) is 18.0 Å². The smallest absolute Gasteiger partial charge is 0.250 e. The third kappa shape index (κ3) is 4.34. The highest BCUT2D eigenvalue weighted by atomic mass is 32.1. The normalized spacial score (nSPS) is 10.9. The summed E-state index contributed by atoms with van der Waals surface area (Å²) in [6.45, 7) is 1.96. The van der Waals surface area contributed by atoms with Crippen LogP contribution in [-0.2, 0) is 4.79 Å². The molecule has 2 aromatic carbocycles. The summed E-state index contributed by atoms with van der Waals surface area (Å²) in [4.78, 5) is 17.6. The molecule has 1 heterocycles. The number of anilines is 1. The van der Waals surface area contributed by atoms with Crippen LogP contribution in [0, 0.1) is 12.7 Å². The second kappa shape index (κ2) is 7.93. The van der Waals surface area contributed by atoms with Crippen molar-refractivity contribution >= 4 is 28.5 Å². The molecule has 26 heavy (non-hydrogen) atoms. The van der Waals surface area contributed by atoms with E-state index < -0.39 is 0 Å². The number of thiazole rings is 1. The van der Waals surface area contributed by atoms with Crippen molar-refractivity contribution in [1.29, 1.82) is 0 Å². The Morgan fingerprint density at radius 1 is 1.15 bits per heavy atom. The highest BCUT2D eigenvalue weighted by Gasteiger charge is 2.11. The van der Waals surface area contributed by atoms with Crippen molar-refractivity contribution in [1.82, 2.24) is 4.98 Å². The van der Waals surface area contributed by atoms with Crippen molar-refractivity contribution in [3.8, 4) is 17.0 Å². The van der Waals surface area contributed by atoms with E-state index in [1.165, 1.54) is 29.5 Å². The van der Waals surface area contributed by atoms with Crippen molar-refractivity contribution in [2.75, 3.05) is 12.4 Å². The van der Waals surface area contributed by atoms with Crippen LogP contribution in [0.4, 0.5) is 9.52 Å². The third-order valence-corrected chi connectivity index (χ3v) is 4.57. The minimum absolute atomic E-state index is 0.288. The maximum atomic E-state index is 12.9. The average Bonchev–Trinajstić information content (AvgIpc) is 3.01. The summed E-state index contributed by atoms with van der Waals surface area (Å²) in [6.07, 6.45) is 3.02. The SMILES string of the molecule is COc1ccc(-c2nc(NC(=O)C=Cc3ccc(F)cc3)sc2C)cc1. The van der Waals surface area contributed by atoms with Gasteiger partial charge in [0, 0.05) is 16.5 Å². The Balaban J connectivity index is 1.70. The van der Waals surface area contributed by atoms with Gasteiger partial charge in [-0.1, -0.05) is 12.1 Å². The standard InChI is InChI=1S/C20H17FN2O2S/c1-13-19(15-6-10-17(25-2)11-7-15)23-20(26-13)22-18(24)12-5-14-3-8-16(21)9-4-14/h3-12H,1-2H3,(H,22,23,24). The molecule has 3 aromatic rings. The fraction of sp³-hybridized carbons (Fsp3) is 0.100. The molecule has 0 aliphatic heterocycles. The van der Waals surface area contributed by atoms with Crippen molar-refractivity contribution < 1.29 is 13.9 Å². The highest BCUT2D eigenvalue weighted by molar-refractivity contribution is 7.16. The zero-order valence-electron chi connectivity index (χ0n) is 14.3. The average molecular weight is 368 g/mol. The van der Waals surface area contributed by atoms with Gasteiger partial charge in [0.2, 0.25) is 5.91 Å². The van der Waals surface area contributed by atoms with Gasteiger partial charge in [-0.3, -0.25) is 10.1 Å². The number of methoxy groups -OCH3 is 1. The highest BCUT2D eigenvalue weighted by Crippen LogP contribution is 2.31. The number of hydrogen-bond donors (Lipinski definition) is 1. The number of aromatic nitrogens is 1. The Morgan fingerprint density at radius 3 is 2.50 bits per heavy atom. The molecule has 0 fully saturated rings. The predicted octanol–water partition coefficient (Wildman–Crippen LogP) is 4.92. The number of nitrogens with zero attached hydrogens (tertiary/aromatic N) is 1. The summed E-state index contributed by atoms with van der Waals surface area (Å²) in [7, 11) is 1.62. The Morgan fingerprint density at radius 2 is 1.85 bits per heavy atom. The molecule has 0 atom stereocenters. The molecule has 0 aliphatic carbocycles. The Hall–Kier alpha value is -2.99. The number of rotatable bonds is 5.